The van der Waals surface area contributed by atoms with Crippen molar-refractivity contribution in [1.29, 1.82) is 0 Å². The molecule has 0 spiro atoms. The first-order valence-corrected chi connectivity index (χ1v) is 3.33. The van der Waals surface area contributed by atoms with Gasteiger partial charge in [0.1, 0.15) is 6.10 Å². The van der Waals surface area contributed by atoms with Crippen molar-refractivity contribution in [2.24, 2.45) is 5.16 Å². The van der Waals surface area contributed by atoms with Crippen LogP contribution in [-0.2, 0) is 4.74 Å². The molecular weight excluding hydrogens is 126 g/mol. The molecule has 46 valence electrons. The first-order chi connectivity index (χ1) is 3.83. The number of nitrogens with zero attached hydrogens (tertiary/aromatic N) is 1. The van der Waals surface area contributed by atoms with Gasteiger partial charge in [-0.15, -0.1) is 0 Å². The van der Waals surface area contributed by atoms with Crippen LogP contribution in [0.25, 0.3) is 0 Å². The zero-order valence-corrected chi connectivity index (χ0v) is 5.31. The van der Waals surface area contributed by atoms with Gasteiger partial charge in [0.05, 0.1) is 0 Å². The zero-order chi connectivity index (χ0) is 5.98. The fourth-order valence-corrected chi connectivity index (χ4v) is 1.22. The molecule has 1 fully saturated rings. The molecular formula is C4H7NO2S. The second-order valence-electron chi connectivity index (χ2n) is 1.61. The molecule has 1 saturated heterocycles. The highest BCUT2D eigenvalue weighted by atomic mass is 32.2. The molecule has 1 atom stereocenters. The van der Waals surface area contributed by atoms with Crippen LogP contribution in [0.2, 0.25) is 0 Å². The van der Waals surface area contributed by atoms with Gasteiger partial charge in [0.15, 0.2) is 0 Å². The average Bonchev–Trinajstić information content (AvgIpc) is 2.14. The normalized spacial score (nSPS) is 33.1. The van der Waals surface area contributed by atoms with Crippen molar-refractivity contribution in [3.8, 4) is 0 Å². The Balaban J connectivity index is 2.44. The SMILES string of the molecule is CC1CSC(=NO)O1. The van der Waals surface area contributed by atoms with E-state index in [1.807, 2.05) is 6.92 Å². The van der Waals surface area contributed by atoms with E-state index in [1.54, 1.807) is 0 Å². The van der Waals surface area contributed by atoms with Crippen molar-refractivity contribution in [1.82, 2.24) is 0 Å². The van der Waals surface area contributed by atoms with Crippen molar-refractivity contribution < 1.29 is 9.94 Å². The van der Waals surface area contributed by atoms with Crippen LogP contribution in [0, 0.1) is 0 Å². The van der Waals surface area contributed by atoms with Gasteiger partial charge in [-0.1, -0.05) is 11.8 Å². The van der Waals surface area contributed by atoms with Crippen LogP contribution in [-0.4, -0.2) is 22.3 Å². The van der Waals surface area contributed by atoms with Gasteiger partial charge in [0, 0.05) is 5.75 Å². The highest BCUT2D eigenvalue weighted by Crippen LogP contribution is 2.18. The number of oxime groups is 1. The fourth-order valence-electron chi connectivity index (χ4n) is 0.481. The molecule has 4 heteroatoms. The second-order valence-corrected chi connectivity index (χ2v) is 2.58. The van der Waals surface area contributed by atoms with E-state index in [0.29, 0.717) is 5.23 Å². The largest absolute Gasteiger partial charge is 0.467 e. The molecule has 0 saturated carbocycles. The molecule has 1 aliphatic heterocycles. The van der Waals surface area contributed by atoms with Crippen LogP contribution in [0.3, 0.4) is 0 Å². The lowest BCUT2D eigenvalue weighted by atomic mass is 10.5. The minimum absolute atomic E-state index is 0.200. The van der Waals surface area contributed by atoms with Crippen LogP contribution < -0.4 is 0 Å². The summed E-state index contributed by atoms with van der Waals surface area (Å²) < 4.78 is 4.97. The van der Waals surface area contributed by atoms with E-state index in [9.17, 15) is 0 Å². The minimum Gasteiger partial charge on any atom is -0.467 e. The van der Waals surface area contributed by atoms with Gasteiger partial charge in [-0.05, 0) is 12.1 Å². The van der Waals surface area contributed by atoms with Gasteiger partial charge in [0.25, 0.3) is 5.23 Å². The first kappa shape index (κ1) is 5.75. The van der Waals surface area contributed by atoms with Crippen molar-refractivity contribution >= 4 is 17.0 Å². The predicted octanol–water partition coefficient (Wildman–Crippen LogP) is 0.883. The lowest BCUT2D eigenvalue weighted by Crippen LogP contribution is -2.02. The molecule has 0 aromatic rings. The maximum absolute atomic E-state index is 8.13. The molecule has 0 aromatic heterocycles. The van der Waals surface area contributed by atoms with Crippen LogP contribution in [0.1, 0.15) is 6.92 Å². The number of rotatable bonds is 0. The molecule has 1 N–H and O–H groups in total. The van der Waals surface area contributed by atoms with Gasteiger partial charge in [0.2, 0.25) is 0 Å². The second kappa shape index (κ2) is 2.26. The Kier molecular flexibility index (Phi) is 1.62. The molecule has 1 unspecified atom stereocenters. The Morgan fingerprint density at radius 3 is 3.00 bits per heavy atom. The smallest absolute Gasteiger partial charge is 0.286 e. The summed E-state index contributed by atoms with van der Waals surface area (Å²) >= 11 is 1.43. The first-order valence-electron chi connectivity index (χ1n) is 2.34. The lowest BCUT2D eigenvalue weighted by molar-refractivity contribution is 0.226. The Hall–Kier alpha value is -0.380. The van der Waals surface area contributed by atoms with E-state index in [4.69, 9.17) is 9.94 Å². The highest BCUT2D eigenvalue weighted by Gasteiger charge is 2.17. The van der Waals surface area contributed by atoms with Crippen molar-refractivity contribution in [3.63, 3.8) is 0 Å². The third kappa shape index (κ3) is 1.06. The monoisotopic (exact) mass is 133 g/mol. The van der Waals surface area contributed by atoms with Gasteiger partial charge < -0.3 is 9.94 Å². The van der Waals surface area contributed by atoms with Crippen molar-refractivity contribution in [2.45, 2.75) is 13.0 Å². The van der Waals surface area contributed by atoms with Gasteiger partial charge >= 0.3 is 0 Å². The molecule has 0 aliphatic carbocycles. The summed E-state index contributed by atoms with van der Waals surface area (Å²) in [7, 11) is 0. The third-order valence-corrected chi connectivity index (χ3v) is 1.89. The number of ether oxygens (including phenoxy) is 1. The van der Waals surface area contributed by atoms with Crippen molar-refractivity contribution in [2.75, 3.05) is 5.75 Å². The molecule has 0 aromatic carbocycles. The van der Waals surface area contributed by atoms with Gasteiger partial charge in [-0.2, -0.15) is 0 Å². The third-order valence-electron chi connectivity index (χ3n) is 0.825. The fraction of sp³-hybridized carbons (Fsp3) is 0.750. The van der Waals surface area contributed by atoms with Crippen LogP contribution in [0.4, 0.5) is 0 Å². The maximum atomic E-state index is 8.13. The molecule has 0 amide bonds. The molecule has 1 rings (SSSR count). The minimum atomic E-state index is 0.200. The van der Waals surface area contributed by atoms with E-state index < -0.39 is 0 Å². The van der Waals surface area contributed by atoms with Gasteiger partial charge in [-0.3, -0.25) is 0 Å². The average molecular weight is 133 g/mol. The summed E-state index contributed by atoms with van der Waals surface area (Å²) in [5, 5.41) is 11.4. The summed E-state index contributed by atoms with van der Waals surface area (Å²) in [5.74, 6) is 0.888. The predicted molar refractivity (Wildman–Crippen MR) is 32.2 cm³/mol. The Morgan fingerprint density at radius 2 is 2.75 bits per heavy atom. The summed E-state index contributed by atoms with van der Waals surface area (Å²) in [6, 6.07) is 0. The number of thioether (sulfide) groups is 1. The molecule has 3 nitrogen and oxygen atoms in total. The molecule has 1 heterocycles. The zero-order valence-electron chi connectivity index (χ0n) is 4.50. The molecule has 0 radical (unpaired) electrons. The van der Waals surface area contributed by atoms with Crippen molar-refractivity contribution in [3.05, 3.63) is 0 Å². The van der Waals surface area contributed by atoms with Crippen LogP contribution >= 0.6 is 11.8 Å². The van der Waals surface area contributed by atoms with Crippen LogP contribution in [0.5, 0.6) is 0 Å². The summed E-state index contributed by atoms with van der Waals surface area (Å²) in [4.78, 5) is 0. The number of hydrogen-bond donors (Lipinski definition) is 1. The quantitative estimate of drug-likeness (QED) is 0.394. The highest BCUT2D eigenvalue weighted by molar-refractivity contribution is 8.13. The summed E-state index contributed by atoms with van der Waals surface area (Å²) in [5.41, 5.74) is 0. The van der Waals surface area contributed by atoms with E-state index in [0.717, 1.165) is 5.75 Å². The Morgan fingerprint density at radius 1 is 2.00 bits per heavy atom. The van der Waals surface area contributed by atoms with E-state index in [1.165, 1.54) is 11.8 Å². The molecule has 0 bridgehead atoms. The lowest BCUT2D eigenvalue weighted by Gasteiger charge is -1.96. The summed E-state index contributed by atoms with van der Waals surface area (Å²) in [6.45, 7) is 1.94. The maximum Gasteiger partial charge on any atom is 0.286 e. The Labute approximate surface area is 51.7 Å². The van der Waals surface area contributed by atoms with E-state index in [-0.39, 0.29) is 6.10 Å². The van der Waals surface area contributed by atoms with E-state index in [2.05, 4.69) is 5.16 Å². The Bertz CT molecular complexity index is 115. The topological polar surface area (TPSA) is 41.8 Å². The standard InChI is InChI=1S/C4H7NO2S/c1-3-2-8-4(5-6)7-3/h3,6H,2H2,1H3. The number of hydrogen-bond acceptors (Lipinski definition) is 4. The van der Waals surface area contributed by atoms with E-state index >= 15 is 0 Å². The van der Waals surface area contributed by atoms with Crippen LogP contribution in [0.15, 0.2) is 5.16 Å². The van der Waals surface area contributed by atoms with Gasteiger partial charge in [-0.25, -0.2) is 0 Å². The molecule has 8 heavy (non-hydrogen) atoms. The summed E-state index contributed by atoms with van der Waals surface area (Å²) in [6.07, 6.45) is 0.200. The molecule has 1 aliphatic rings.